The van der Waals surface area contributed by atoms with Crippen LogP contribution in [-0.4, -0.2) is 6.15 Å². The molecule has 0 radical (unpaired) electrons. The molecule has 0 aromatic rings. The van der Waals surface area contributed by atoms with Crippen LogP contribution in [-0.2, 0) is 9.59 Å². The summed E-state index contributed by atoms with van der Waals surface area (Å²) in [6.07, 6.45) is 13.9. The highest BCUT2D eigenvalue weighted by Crippen LogP contribution is 2.58. The van der Waals surface area contributed by atoms with Crippen LogP contribution in [0.25, 0.3) is 0 Å². The molecule has 1 saturated carbocycles. The summed E-state index contributed by atoms with van der Waals surface area (Å²) in [6, 6.07) is 0. The van der Waals surface area contributed by atoms with Crippen LogP contribution in [0.3, 0.4) is 0 Å². The van der Waals surface area contributed by atoms with Crippen LogP contribution in [0.2, 0.25) is 0 Å². The number of carbonyl (C=O) groups excluding carboxylic acids is 2. The largest absolute Gasteiger partial charge is 0.373 e. The lowest BCUT2D eigenvalue weighted by Gasteiger charge is -2.54. The van der Waals surface area contributed by atoms with Crippen molar-refractivity contribution in [2.45, 2.75) is 66.2 Å². The zero-order valence-electron chi connectivity index (χ0n) is 14.5. The first-order valence-corrected chi connectivity index (χ1v) is 8.83. The van der Waals surface area contributed by atoms with Crippen LogP contribution in [0, 0.1) is 29.1 Å². The van der Waals surface area contributed by atoms with Gasteiger partial charge in [-0.25, -0.2) is 0 Å². The normalized spacial score (nSPS) is 36.9. The molecule has 3 rings (SSSR count). The van der Waals surface area contributed by atoms with Crippen molar-refractivity contribution in [1.29, 1.82) is 0 Å². The molecule has 0 aromatic carbocycles. The summed E-state index contributed by atoms with van der Waals surface area (Å²) in [7, 11) is 0. The monoisotopic (exact) mass is 302 g/mol. The highest BCUT2D eigenvalue weighted by Gasteiger charge is 2.48. The number of rotatable bonds is 1. The highest BCUT2D eigenvalue weighted by molar-refractivity contribution is 5.34. The Bertz CT molecular complexity index is 494. The molecule has 2 heteroatoms. The molecule has 0 N–H and O–H groups in total. The molecule has 4 atom stereocenters. The second kappa shape index (κ2) is 6.96. The maximum Gasteiger partial charge on any atom is 0.373 e. The third-order valence-electron chi connectivity index (χ3n) is 6.53. The van der Waals surface area contributed by atoms with Crippen molar-refractivity contribution in [3.63, 3.8) is 0 Å². The average Bonchev–Trinajstić information content (AvgIpc) is 2.47. The van der Waals surface area contributed by atoms with Crippen molar-refractivity contribution in [3.05, 3.63) is 23.3 Å². The fraction of sp³-hybridized carbons (Fsp3) is 0.750. The van der Waals surface area contributed by atoms with Gasteiger partial charge in [-0.3, -0.25) is 0 Å². The Morgan fingerprint density at radius 3 is 2.59 bits per heavy atom. The van der Waals surface area contributed by atoms with Gasteiger partial charge in [-0.15, -0.1) is 0 Å². The summed E-state index contributed by atoms with van der Waals surface area (Å²) in [6.45, 7) is 9.81. The fourth-order valence-electron chi connectivity index (χ4n) is 5.27. The van der Waals surface area contributed by atoms with Crippen molar-refractivity contribution in [2.75, 3.05) is 0 Å². The molecular weight excluding hydrogens is 272 g/mol. The Kier molecular flexibility index (Phi) is 5.45. The quantitative estimate of drug-likeness (QED) is 0.669. The Morgan fingerprint density at radius 1 is 1.27 bits per heavy atom. The van der Waals surface area contributed by atoms with Crippen molar-refractivity contribution >= 4 is 6.15 Å². The first-order valence-electron chi connectivity index (χ1n) is 8.83. The minimum absolute atomic E-state index is 0.250. The highest BCUT2D eigenvalue weighted by atomic mass is 16.2. The maximum atomic E-state index is 8.12. The van der Waals surface area contributed by atoms with Crippen LogP contribution in [0.1, 0.15) is 66.2 Å². The first-order chi connectivity index (χ1) is 10.4. The van der Waals surface area contributed by atoms with E-state index in [1.165, 1.54) is 38.5 Å². The minimum atomic E-state index is 0.250. The van der Waals surface area contributed by atoms with Gasteiger partial charge in [-0.1, -0.05) is 58.3 Å². The van der Waals surface area contributed by atoms with E-state index in [-0.39, 0.29) is 6.15 Å². The Hall–Kier alpha value is -1.14. The molecule has 0 saturated heterocycles. The molecule has 1 fully saturated rings. The van der Waals surface area contributed by atoms with Crippen LogP contribution in [0.4, 0.5) is 0 Å². The standard InChI is InChI=1S/C19H30.CO2/c1-13(2)15-7-10-18-16(12-15)8-9-17-14(3)6-5-11-19(17,18)4;2-1-3/h8,12-14,17-18H,5-7,9-11H2,1-4H3;/t14-,17?,18?,19+;/m1./s1. The summed E-state index contributed by atoms with van der Waals surface area (Å²) < 4.78 is 0. The molecule has 2 unspecified atom stereocenters. The van der Waals surface area contributed by atoms with Gasteiger partial charge in [0.1, 0.15) is 0 Å². The van der Waals surface area contributed by atoms with Gasteiger partial charge in [0.2, 0.25) is 0 Å². The molecule has 122 valence electrons. The van der Waals surface area contributed by atoms with Crippen molar-refractivity contribution in [2.24, 2.45) is 29.1 Å². The second-order valence-corrected chi connectivity index (χ2v) is 7.97. The summed E-state index contributed by atoms with van der Waals surface area (Å²) in [4.78, 5) is 16.2. The van der Waals surface area contributed by atoms with E-state index in [1.54, 1.807) is 11.1 Å². The molecule has 2 nitrogen and oxygen atoms in total. The molecule has 0 heterocycles. The maximum absolute atomic E-state index is 8.12. The molecule has 3 aliphatic rings. The molecule has 3 aliphatic carbocycles. The van der Waals surface area contributed by atoms with Gasteiger partial charge in [-0.2, -0.15) is 9.59 Å². The van der Waals surface area contributed by atoms with Gasteiger partial charge in [0.15, 0.2) is 0 Å². The number of fused-ring (bicyclic) bond motifs is 3. The smallest absolute Gasteiger partial charge is 0.186 e. The van der Waals surface area contributed by atoms with E-state index in [4.69, 9.17) is 9.59 Å². The van der Waals surface area contributed by atoms with Gasteiger partial charge in [0.25, 0.3) is 0 Å². The van der Waals surface area contributed by atoms with Crippen LogP contribution >= 0.6 is 0 Å². The number of hydrogen-bond donors (Lipinski definition) is 0. The third kappa shape index (κ3) is 3.13. The van der Waals surface area contributed by atoms with E-state index in [1.807, 2.05) is 0 Å². The van der Waals surface area contributed by atoms with Gasteiger partial charge in [0.05, 0.1) is 0 Å². The van der Waals surface area contributed by atoms with Gasteiger partial charge in [0, 0.05) is 0 Å². The molecule has 0 spiro atoms. The summed E-state index contributed by atoms with van der Waals surface area (Å²) in [5.74, 6) is 3.48. The van der Waals surface area contributed by atoms with E-state index in [9.17, 15) is 0 Å². The van der Waals surface area contributed by atoms with Crippen molar-refractivity contribution in [3.8, 4) is 0 Å². The van der Waals surface area contributed by atoms with Crippen LogP contribution in [0.15, 0.2) is 23.3 Å². The Labute approximate surface area is 135 Å². The van der Waals surface area contributed by atoms with Crippen molar-refractivity contribution in [1.82, 2.24) is 0 Å². The zero-order valence-corrected chi connectivity index (χ0v) is 14.5. The topological polar surface area (TPSA) is 34.1 Å². The van der Waals surface area contributed by atoms with Gasteiger partial charge in [-0.05, 0) is 60.3 Å². The van der Waals surface area contributed by atoms with E-state index in [0.717, 1.165) is 23.7 Å². The predicted octanol–water partition coefficient (Wildman–Crippen LogP) is 5.17. The molecule has 0 aromatic heterocycles. The molecule has 22 heavy (non-hydrogen) atoms. The lowest BCUT2D eigenvalue weighted by Crippen LogP contribution is -2.45. The van der Waals surface area contributed by atoms with Gasteiger partial charge >= 0.3 is 6.15 Å². The Balaban J connectivity index is 0.000000545. The first kappa shape index (κ1) is 17.2. The summed E-state index contributed by atoms with van der Waals surface area (Å²) in [5, 5.41) is 0. The second-order valence-electron chi connectivity index (χ2n) is 7.97. The zero-order chi connectivity index (χ0) is 16.3. The number of allylic oxidation sites excluding steroid dienone is 4. The summed E-state index contributed by atoms with van der Waals surface area (Å²) in [5.41, 5.74) is 3.98. The van der Waals surface area contributed by atoms with Crippen LogP contribution < -0.4 is 0 Å². The lowest BCUT2D eigenvalue weighted by molar-refractivity contribution is -0.191. The summed E-state index contributed by atoms with van der Waals surface area (Å²) >= 11 is 0. The van der Waals surface area contributed by atoms with E-state index in [2.05, 4.69) is 39.8 Å². The molecule has 0 amide bonds. The molecule has 0 bridgehead atoms. The average molecular weight is 302 g/mol. The van der Waals surface area contributed by atoms with Crippen molar-refractivity contribution < 1.29 is 9.59 Å². The van der Waals surface area contributed by atoms with E-state index in [0.29, 0.717) is 5.41 Å². The number of hydrogen-bond acceptors (Lipinski definition) is 2. The lowest BCUT2D eigenvalue weighted by atomic mass is 9.51. The third-order valence-corrected chi connectivity index (χ3v) is 6.53. The van der Waals surface area contributed by atoms with E-state index >= 15 is 0 Å². The van der Waals surface area contributed by atoms with E-state index < -0.39 is 0 Å². The fourth-order valence-corrected chi connectivity index (χ4v) is 5.27. The van der Waals surface area contributed by atoms with Crippen LogP contribution in [0.5, 0.6) is 0 Å². The minimum Gasteiger partial charge on any atom is -0.186 e. The predicted molar refractivity (Wildman–Crippen MR) is 88.0 cm³/mol. The molecule has 0 aliphatic heterocycles. The Morgan fingerprint density at radius 2 is 1.95 bits per heavy atom. The SMILES string of the molecule is CC(C)C1=CC2=CCC3[C@H](C)CCC[C@]3(C)C2CC1.O=C=O. The van der Waals surface area contributed by atoms with Gasteiger partial charge < -0.3 is 0 Å². The molecular formula is C20H30O2.